The van der Waals surface area contributed by atoms with Crippen LogP contribution in [-0.4, -0.2) is 22.1 Å². The van der Waals surface area contributed by atoms with Crippen molar-refractivity contribution < 1.29 is 4.79 Å². The van der Waals surface area contributed by atoms with Crippen LogP contribution in [0.3, 0.4) is 0 Å². The van der Waals surface area contributed by atoms with E-state index >= 15 is 0 Å². The van der Waals surface area contributed by atoms with Gasteiger partial charge in [-0.05, 0) is 12.8 Å². The topological polar surface area (TPSA) is 83.8 Å². The van der Waals surface area contributed by atoms with E-state index < -0.39 is 6.04 Å². The van der Waals surface area contributed by atoms with E-state index in [1.807, 2.05) is 20.8 Å². The molecule has 16 heavy (non-hydrogen) atoms. The largest absolute Gasteiger partial charge is 0.348 e. The Labute approximate surface area is 95.8 Å². The van der Waals surface area contributed by atoms with Crippen LogP contribution in [0.15, 0.2) is 12.4 Å². The van der Waals surface area contributed by atoms with E-state index in [1.165, 1.54) is 0 Å². The Bertz CT molecular complexity index is 323. The van der Waals surface area contributed by atoms with Gasteiger partial charge in [0.05, 0.1) is 18.3 Å². The summed E-state index contributed by atoms with van der Waals surface area (Å²) in [7, 11) is 0. The Kier molecular flexibility index (Phi) is 4.49. The second kappa shape index (κ2) is 5.65. The fourth-order valence-electron chi connectivity index (χ4n) is 1.40. The third-order valence-corrected chi connectivity index (χ3v) is 2.94. The van der Waals surface area contributed by atoms with Gasteiger partial charge in [-0.15, -0.1) is 0 Å². The first kappa shape index (κ1) is 12.7. The lowest BCUT2D eigenvalue weighted by atomic mass is 9.99. The summed E-state index contributed by atoms with van der Waals surface area (Å²) in [5.74, 6) is 0.0830. The van der Waals surface area contributed by atoms with Crippen LogP contribution in [0, 0.1) is 5.92 Å². The van der Waals surface area contributed by atoms with Gasteiger partial charge in [0, 0.05) is 11.8 Å². The maximum atomic E-state index is 11.8. The van der Waals surface area contributed by atoms with Crippen LogP contribution in [-0.2, 0) is 4.79 Å². The van der Waals surface area contributed by atoms with E-state index in [-0.39, 0.29) is 17.9 Å². The van der Waals surface area contributed by atoms with Crippen molar-refractivity contribution in [2.45, 2.75) is 39.3 Å². The van der Waals surface area contributed by atoms with Crippen molar-refractivity contribution >= 4 is 5.91 Å². The number of hydrogen-bond donors (Lipinski definition) is 3. The van der Waals surface area contributed by atoms with Gasteiger partial charge in [0.15, 0.2) is 0 Å². The minimum atomic E-state index is -0.445. The monoisotopic (exact) mass is 224 g/mol. The van der Waals surface area contributed by atoms with Crippen molar-refractivity contribution in [3.05, 3.63) is 18.0 Å². The van der Waals surface area contributed by atoms with Gasteiger partial charge in [-0.2, -0.15) is 5.10 Å². The van der Waals surface area contributed by atoms with Crippen LogP contribution in [0.2, 0.25) is 0 Å². The quantitative estimate of drug-likeness (QED) is 0.696. The average molecular weight is 224 g/mol. The lowest BCUT2D eigenvalue weighted by molar-refractivity contribution is -0.124. The molecule has 0 aromatic carbocycles. The second-order valence-electron chi connectivity index (χ2n) is 4.17. The molecule has 1 heterocycles. The first-order chi connectivity index (χ1) is 7.56. The fraction of sp³-hybridized carbons (Fsp3) is 0.636. The van der Waals surface area contributed by atoms with Crippen LogP contribution in [0.1, 0.15) is 38.8 Å². The van der Waals surface area contributed by atoms with Crippen LogP contribution in [0.4, 0.5) is 0 Å². The van der Waals surface area contributed by atoms with Crippen molar-refractivity contribution in [3.63, 3.8) is 0 Å². The summed E-state index contributed by atoms with van der Waals surface area (Å²) in [4.78, 5) is 11.8. The van der Waals surface area contributed by atoms with Crippen LogP contribution in [0.25, 0.3) is 0 Å². The van der Waals surface area contributed by atoms with E-state index in [2.05, 4.69) is 15.5 Å². The Morgan fingerprint density at radius 1 is 1.62 bits per heavy atom. The lowest BCUT2D eigenvalue weighted by Crippen LogP contribution is -2.45. The highest BCUT2D eigenvalue weighted by atomic mass is 16.2. The molecule has 0 radical (unpaired) electrons. The van der Waals surface area contributed by atoms with Gasteiger partial charge in [0.1, 0.15) is 0 Å². The molecule has 1 amide bonds. The van der Waals surface area contributed by atoms with Crippen molar-refractivity contribution in [2.24, 2.45) is 11.7 Å². The standard InChI is InChI=1S/C11H20N4O/c1-4-7(2)10(12)11(16)15-8(3)9-5-13-14-6-9/h5-8,10H,4,12H2,1-3H3,(H,13,14)(H,15,16)/t7?,8?,10-/m0/s1. The third-order valence-electron chi connectivity index (χ3n) is 2.94. The number of aromatic nitrogens is 2. The zero-order valence-electron chi connectivity index (χ0n) is 10.0. The summed E-state index contributed by atoms with van der Waals surface area (Å²) < 4.78 is 0. The van der Waals surface area contributed by atoms with Gasteiger partial charge in [0.2, 0.25) is 5.91 Å². The minimum absolute atomic E-state index is 0.0682. The molecule has 0 aliphatic heterocycles. The molecule has 5 heteroatoms. The molecule has 0 aliphatic rings. The zero-order chi connectivity index (χ0) is 12.1. The molecule has 0 spiro atoms. The third kappa shape index (κ3) is 3.06. The Hall–Kier alpha value is -1.36. The highest BCUT2D eigenvalue weighted by Crippen LogP contribution is 2.11. The van der Waals surface area contributed by atoms with E-state index in [0.29, 0.717) is 0 Å². The van der Waals surface area contributed by atoms with E-state index in [4.69, 9.17) is 5.73 Å². The van der Waals surface area contributed by atoms with Gasteiger partial charge in [-0.3, -0.25) is 9.89 Å². The number of carbonyl (C=O) groups is 1. The Morgan fingerprint density at radius 2 is 2.31 bits per heavy atom. The molecule has 1 aromatic heterocycles. The number of nitrogens with zero attached hydrogens (tertiary/aromatic N) is 1. The van der Waals surface area contributed by atoms with E-state index in [0.717, 1.165) is 12.0 Å². The molecule has 0 fully saturated rings. The predicted octanol–water partition coefficient (Wildman–Crippen LogP) is 0.960. The van der Waals surface area contributed by atoms with Crippen molar-refractivity contribution in [1.29, 1.82) is 0 Å². The Morgan fingerprint density at radius 3 is 2.81 bits per heavy atom. The number of H-pyrrole nitrogens is 1. The number of amides is 1. The maximum Gasteiger partial charge on any atom is 0.237 e. The second-order valence-corrected chi connectivity index (χ2v) is 4.17. The molecule has 4 N–H and O–H groups in total. The highest BCUT2D eigenvalue weighted by Gasteiger charge is 2.21. The van der Waals surface area contributed by atoms with Crippen LogP contribution in [0.5, 0.6) is 0 Å². The number of aromatic amines is 1. The summed E-state index contributed by atoms with van der Waals surface area (Å²) in [6.07, 6.45) is 4.36. The smallest absolute Gasteiger partial charge is 0.237 e. The van der Waals surface area contributed by atoms with Crippen LogP contribution < -0.4 is 11.1 Å². The van der Waals surface area contributed by atoms with Crippen molar-refractivity contribution in [3.8, 4) is 0 Å². The molecule has 0 saturated carbocycles. The van der Waals surface area contributed by atoms with Gasteiger partial charge < -0.3 is 11.1 Å². The molecule has 3 atom stereocenters. The van der Waals surface area contributed by atoms with Crippen molar-refractivity contribution in [2.75, 3.05) is 0 Å². The molecule has 2 unspecified atom stereocenters. The maximum absolute atomic E-state index is 11.8. The number of nitrogens with two attached hydrogens (primary N) is 1. The number of hydrogen-bond acceptors (Lipinski definition) is 3. The molecule has 0 aliphatic carbocycles. The molecule has 1 rings (SSSR count). The summed E-state index contributed by atoms with van der Waals surface area (Å²) in [5.41, 5.74) is 6.79. The first-order valence-corrected chi connectivity index (χ1v) is 5.60. The van der Waals surface area contributed by atoms with E-state index in [9.17, 15) is 4.79 Å². The van der Waals surface area contributed by atoms with Crippen molar-refractivity contribution in [1.82, 2.24) is 15.5 Å². The molecular weight excluding hydrogens is 204 g/mol. The molecule has 90 valence electrons. The van der Waals surface area contributed by atoms with Crippen LogP contribution >= 0.6 is 0 Å². The van der Waals surface area contributed by atoms with Gasteiger partial charge in [0.25, 0.3) is 0 Å². The molecule has 0 saturated heterocycles. The average Bonchev–Trinajstić information content (AvgIpc) is 2.80. The molecular formula is C11H20N4O. The molecule has 0 bridgehead atoms. The summed E-state index contributed by atoms with van der Waals surface area (Å²) >= 11 is 0. The summed E-state index contributed by atoms with van der Waals surface area (Å²) in [5, 5.41) is 9.43. The van der Waals surface area contributed by atoms with Gasteiger partial charge in [-0.25, -0.2) is 0 Å². The number of carbonyl (C=O) groups excluding carboxylic acids is 1. The number of rotatable bonds is 5. The molecule has 1 aromatic rings. The lowest BCUT2D eigenvalue weighted by Gasteiger charge is -2.20. The first-order valence-electron chi connectivity index (χ1n) is 5.60. The predicted molar refractivity (Wildman–Crippen MR) is 62.6 cm³/mol. The van der Waals surface area contributed by atoms with Gasteiger partial charge >= 0.3 is 0 Å². The van der Waals surface area contributed by atoms with E-state index in [1.54, 1.807) is 12.4 Å². The summed E-state index contributed by atoms with van der Waals surface area (Å²) in [6, 6.07) is -0.513. The normalized spacial score (nSPS) is 16.5. The Balaban J connectivity index is 2.51. The zero-order valence-corrected chi connectivity index (χ0v) is 10.0. The number of nitrogens with one attached hydrogen (secondary N) is 2. The summed E-state index contributed by atoms with van der Waals surface area (Å²) in [6.45, 7) is 5.91. The molecule has 5 nitrogen and oxygen atoms in total. The SMILES string of the molecule is CCC(C)[C@H](N)C(=O)NC(C)c1cn[nH]c1. The minimum Gasteiger partial charge on any atom is -0.348 e. The fourth-order valence-corrected chi connectivity index (χ4v) is 1.40. The highest BCUT2D eigenvalue weighted by molar-refractivity contribution is 5.82. The van der Waals surface area contributed by atoms with Gasteiger partial charge in [-0.1, -0.05) is 20.3 Å².